The molecule has 0 radical (unpaired) electrons. The van der Waals surface area contributed by atoms with E-state index in [9.17, 15) is 28.5 Å². The molecule has 0 amide bonds. The van der Waals surface area contributed by atoms with E-state index < -0.39 is 59.8 Å². The van der Waals surface area contributed by atoms with E-state index >= 15 is 0 Å². The minimum absolute atomic E-state index is 0.0253. The molecular formula is C34H62O12S. The third-order valence-corrected chi connectivity index (χ3v) is 8.35. The summed E-state index contributed by atoms with van der Waals surface area (Å²) in [6.07, 6.45) is 19.2. The van der Waals surface area contributed by atoms with E-state index in [0.29, 0.717) is 6.61 Å². The van der Waals surface area contributed by atoms with Gasteiger partial charge in [0.15, 0.2) is 6.29 Å². The summed E-state index contributed by atoms with van der Waals surface area (Å²) in [4.78, 5) is 11.9. The first-order valence-corrected chi connectivity index (χ1v) is 19.0. The smallest absolute Gasteiger partial charge is 0.397 e. The van der Waals surface area contributed by atoms with Crippen molar-refractivity contribution in [1.82, 2.24) is 0 Å². The zero-order valence-electron chi connectivity index (χ0n) is 28.6. The lowest BCUT2D eigenvalue weighted by atomic mass is 9.99. The van der Waals surface area contributed by atoms with Crippen molar-refractivity contribution in [3.8, 4) is 0 Å². The van der Waals surface area contributed by atoms with Crippen LogP contribution in [0.4, 0.5) is 0 Å². The molecule has 1 rings (SSSR count). The maximum Gasteiger partial charge on any atom is 0.397 e. The SMILES string of the molecule is CCCCC/C=C\C/C=C\CCCCCCCCCCCCOCC(COC1OC(CO)C(O)C(OS(=O)(=O)O)C1O)OC(=O)CC. The fourth-order valence-corrected chi connectivity index (χ4v) is 5.66. The van der Waals surface area contributed by atoms with Crippen LogP contribution < -0.4 is 0 Å². The standard InChI is InChI=1S/C34H62O12S/c1-3-5-6-7-8-9-10-11-12-13-14-15-16-17-18-19-20-21-22-23-24-42-26-28(44-30(36)4-2)27-43-34-32(38)33(46-47(39,40)41)31(37)29(25-35)45-34/h8-9,11-12,28-29,31-35,37-38H,3-7,10,13-27H2,1-2H3,(H,39,40,41)/b9-8-,12-11-. The van der Waals surface area contributed by atoms with Crippen molar-refractivity contribution >= 4 is 16.4 Å². The van der Waals surface area contributed by atoms with E-state index in [0.717, 1.165) is 25.7 Å². The molecule has 0 saturated carbocycles. The number of hydrogen-bond donors (Lipinski definition) is 4. The van der Waals surface area contributed by atoms with Crippen LogP contribution in [0.5, 0.6) is 0 Å². The van der Waals surface area contributed by atoms with Gasteiger partial charge in [0.1, 0.15) is 30.5 Å². The summed E-state index contributed by atoms with van der Waals surface area (Å²) < 4.78 is 57.6. The first-order valence-electron chi connectivity index (χ1n) is 17.6. The van der Waals surface area contributed by atoms with E-state index in [4.69, 9.17) is 23.5 Å². The summed E-state index contributed by atoms with van der Waals surface area (Å²) in [5.41, 5.74) is 0. The van der Waals surface area contributed by atoms with Crippen LogP contribution >= 0.6 is 0 Å². The summed E-state index contributed by atoms with van der Waals surface area (Å²) in [6, 6.07) is 0. The largest absolute Gasteiger partial charge is 0.457 e. The number of unbranched alkanes of at least 4 members (excludes halogenated alkanes) is 13. The molecule has 47 heavy (non-hydrogen) atoms. The molecule has 1 heterocycles. The lowest BCUT2D eigenvalue weighted by Gasteiger charge is -2.41. The minimum atomic E-state index is -5.04. The van der Waals surface area contributed by atoms with Gasteiger partial charge in [-0.2, -0.15) is 8.42 Å². The van der Waals surface area contributed by atoms with Gasteiger partial charge in [-0.05, 0) is 38.5 Å². The number of rotatable bonds is 29. The predicted molar refractivity (Wildman–Crippen MR) is 179 cm³/mol. The number of carbonyl (C=O) groups excluding carboxylic acids is 1. The van der Waals surface area contributed by atoms with Crippen LogP contribution in [0.3, 0.4) is 0 Å². The van der Waals surface area contributed by atoms with Gasteiger partial charge in [-0.15, -0.1) is 0 Å². The highest BCUT2D eigenvalue weighted by Crippen LogP contribution is 2.26. The Bertz CT molecular complexity index is 941. The molecule has 0 spiro atoms. The number of aliphatic hydroxyl groups excluding tert-OH is 3. The van der Waals surface area contributed by atoms with Gasteiger partial charge in [0.25, 0.3) is 0 Å². The second-order valence-corrected chi connectivity index (χ2v) is 13.1. The molecule has 12 nitrogen and oxygen atoms in total. The van der Waals surface area contributed by atoms with Gasteiger partial charge in [0.05, 0.1) is 19.8 Å². The number of aliphatic hydroxyl groups is 3. The van der Waals surface area contributed by atoms with Crippen molar-refractivity contribution in [2.45, 2.75) is 160 Å². The fraction of sp³-hybridized carbons (Fsp3) is 0.853. The molecule has 0 bridgehead atoms. The summed E-state index contributed by atoms with van der Waals surface area (Å²) in [5.74, 6) is -0.489. The van der Waals surface area contributed by atoms with E-state index in [1.54, 1.807) is 6.92 Å². The van der Waals surface area contributed by atoms with Crippen LogP contribution in [-0.4, -0.2) is 97.5 Å². The van der Waals surface area contributed by atoms with E-state index in [1.165, 1.54) is 77.0 Å². The van der Waals surface area contributed by atoms with Crippen LogP contribution in [0.15, 0.2) is 24.3 Å². The number of allylic oxidation sites excluding steroid dienone is 4. The second kappa shape index (κ2) is 27.4. The third-order valence-electron chi connectivity index (χ3n) is 7.88. The molecule has 4 N–H and O–H groups in total. The van der Waals surface area contributed by atoms with Crippen molar-refractivity contribution < 1.29 is 56.2 Å². The lowest BCUT2D eigenvalue weighted by molar-refractivity contribution is -0.301. The number of hydrogen-bond acceptors (Lipinski definition) is 11. The normalized spacial score (nSPS) is 22.7. The quantitative estimate of drug-likeness (QED) is 0.0342. The number of carbonyl (C=O) groups is 1. The van der Waals surface area contributed by atoms with Crippen molar-refractivity contribution in [3.63, 3.8) is 0 Å². The molecular weight excluding hydrogens is 632 g/mol. The van der Waals surface area contributed by atoms with Gasteiger partial charge in [0.2, 0.25) is 0 Å². The Balaban J connectivity index is 2.18. The molecule has 1 aliphatic rings. The summed E-state index contributed by atoms with van der Waals surface area (Å²) >= 11 is 0. The van der Waals surface area contributed by atoms with Crippen molar-refractivity contribution in [2.75, 3.05) is 26.4 Å². The lowest BCUT2D eigenvalue weighted by Crippen LogP contribution is -2.60. The maximum absolute atomic E-state index is 11.9. The van der Waals surface area contributed by atoms with Crippen LogP contribution in [0.1, 0.15) is 123 Å². The van der Waals surface area contributed by atoms with E-state index in [1.807, 2.05) is 0 Å². The zero-order chi connectivity index (χ0) is 34.8. The Hall–Kier alpha value is -1.42. The Morgan fingerprint density at radius 2 is 1.38 bits per heavy atom. The third kappa shape index (κ3) is 22.0. The summed E-state index contributed by atoms with van der Waals surface area (Å²) in [6.45, 7) is 3.33. The highest BCUT2D eigenvalue weighted by molar-refractivity contribution is 7.80. The summed E-state index contributed by atoms with van der Waals surface area (Å²) in [5, 5.41) is 30.1. The van der Waals surface area contributed by atoms with Gasteiger partial charge in [-0.3, -0.25) is 9.35 Å². The molecule has 6 unspecified atom stereocenters. The predicted octanol–water partition coefficient (Wildman–Crippen LogP) is 5.34. The molecule has 0 aromatic rings. The highest BCUT2D eigenvalue weighted by Gasteiger charge is 2.48. The fourth-order valence-electron chi connectivity index (χ4n) is 5.15. The monoisotopic (exact) mass is 694 g/mol. The van der Waals surface area contributed by atoms with Crippen LogP contribution in [0, 0.1) is 0 Å². The Kier molecular flexibility index (Phi) is 25.4. The molecule has 0 aromatic heterocycles. The van der Waals surface area contributed by atoms with Crippen LogP contribution in [-0.2, 0) is 38.3 Å². The van der Waals surface area contributed by atoms with E-state index in [2.05, 4.69) is 35.4 Å². The summed E-state index contributed by atoms with van der Waals surface area (Å²) in [7, 11) is -5.04. The molecule has 0 aromatic carbocycles. The molecule has 0 aliphatic carbocycles. The second-order valence-electron chi connectivity index (χ2n) is 12.1. The average Bonchev–Trinajstić information content (AvgIpc) is 3.04. The Labute approximate surface area is 282 Å². The van der Waals surface area contributed by atoms with Crippen LogP contribution in [0.25, 0.3) is 0 Å². The molecule has 1 aliphatic heterocycles. The average molecular weight is 695 g/mol. The molecule has 6 atom stereocenters. The van der Waals surface area contributed by atoms with Gasteiger partial charge >= 0.3 is 16.4 Å². The highest BCUT2D eigenvalue weighted by atomic mass is 32.3. The number of ether oxygens (including phenoxy) is 4. The van der Waals surface area contributed by atoms with Crippen LogP contribution in [0.2, 0.25) is 0 Å². The Morgan fingerprint density at radius 3 is 1.94 bits per heavy atom. The van der Waals surface area contributed by atoms with E-state index in [-0.39, 0.29) is 19.6 Å². The number of esters is 1. The molecule has 1 fully saturated rings. The van der Waals surface area contributed by atoms with Gasteiger partial charge < -0.3 is 34.3 Å². The topological polar surface area (TPSA) is 178 Å². The first-order chi connectivity index (χ1) is 22.6. The molecule has 13 heteroatoms. The van der Waals surface area contributed by atoms with Gasteiger partial charge in [-0.1, -0.05) is 102 Å². The molecule has 276 valence electrons. The zero-order valence-corrected chi connectivity index (χ0v) is 29.4. The van der Waals surface area contributed by atoms with Gasteiger partial charge in [0, 0.05) is 13.0 Å². The van der Waals surface area contributed by atoms with Crippen molar-refractivity contribution in [2.24, 2.45) is 0 Å². The first kappa shape index (κ1) is 43.6. The van der Waals surface area contributed by atoms with Crippen molar-refractivity contribution in [3.05, 3.63) is 24.3 Å². The maximum atomic E-state index is 11.9. The molecule has 1 saturated heterocycles. The Morgan fingerprint density at radius 1 is 0.809 bits per heavy atom. The minimum Gasteiger partial charge on any atom is -0.457 e. The van der Waals surface area contributed by atoms with Gasteiger partial charge in [-0.25, -0.2) is 4.18 Å². The van der Waals surface area contributed by atoms with Crippen molar-refractivity contribution in [1.29, 1.82) is 0 Å².